The summed E-state index contributed by atoms with van der Waals surface area (Å²) in [5.74, 6) is 0.472. The quantitative estimate of drug-likeness (QED) is 0.578. The molecule has 0 aliphatic carbocycles. The molecule has 0 atom stereocenters. The second kappa shape index (κ2) is 7.40. The average molecular weight is 375 g/mol. The van der Waals surface area contributed by atoms with Gasteiger partial charge in [-0.3, -0.25) is 14.0 Å². The first-order valence-corrected chi connectivity index (χ1v) is 8.66. The summed E-state index contributed by atoms with van der Waals surface area (Å²) in [4.78, 5) is 28.7. The topological polar surface area (TPSA) is 85.8 Å². The van der Waals surface area contributed by atoms with E-state index in [0.29, 0.717) is 22.8 Å². The van der Waals surface area contributed by atoms with Gasteiger partial charge in [0.1, 0.15) is 18.0 Å². The summed E-state index contributed by atoms with van der Waals surface area (Å²) in [6, 6.07) is 15.4. The average Bonchev–Trinajstić information content (AvgIpc) is 3.23. The van der Waals surface area contributed by atoms with Crippen LogP contribution in [0, 0.1) is 6.92 Å². The Labute approximate surface area is 160 Å². The predicted octanol–water partition coefficient (Wildman–Crippen LogP) is 3.43. The van der Waals surface area contributed by atoms with Gasteiger partial charge in [-0.2, -0.15) is 0 Å². The summed E-state index contributed by atoms with van der Waals surface area (Å²) in [6.07, 6.45) is 3.11. The molecule has 0 saturated carbocycles. The number of hydrogen-bond donors (Lipinski definition) is 1. The maximum Gasteiger partial charge on any atom is 0.291 e. The zero-order valence-electron chi connectivity index (χ0n) is 15.1. The molecule has 7 nitrogen and oxygen atoms in total. The van der Waals surface area contributed by atoms with E-state index in [2.05, 4.69) is 10.3 Å². The van der Waals surface area contributed by atoms with Crippen LogP contribution in [0.1, 0.15) is 21.8 Å². The molecule has 0 aliphatic heterocycles. The number of anilines is 1. The third kappa shape index (κ3) is 3.64. The monoisotopic (exact) mass is 375 g/mol. The van der Waals surface area contributed by atoms with Crippen molar-refractivity contribution in [3.63, 3.8) is 0 Å². The van der Waals surface area contributed by atoms with Gasteiger partial charge >= 0.3 is 0 Å². The number of aryl methyl sites for hydroxylation is 1. The summed E-state index contributed by atoms with van der Waals surface area (Å²) in [5, 5.41) is 2.76. The maximum absolute atomic E-state index is 12.2. The molecule has 1 aromatic carbocycles. The number of hydrogen-bond acceptors (Lipinski definition) is 5. The Morgan fingerprint density at radius 1 is 1.18 bits per heavy atom. The number of nitrogens with one attached hydrogen (secondary N) is 1. The number of fused-ring (bicyclic) bond motifs is 1. The Balaban J connectivity index is 1.52. The number of amides is 1. The minimum absolute atomic E-state index is 0.136. The number of furan rings is 1. The minimum atomic E-state index is -0.343. The molecule has 3 aromatic heterocycles. The first-order chi connectivity index (χ1) is 13.6. The molecular weight excluding hydrogens is 358 g/mol. The van der Waals surface area contributed by atoms with E-state index in [-0.39, 0.29) is 23.8 Å². The van der Waals surface area contributed by atoms with Crippen LogP contribution in [-0.4, -0.2) is 15.3 Å². The Morgan fingerprint density at radius 3 is 2.89 bits per heavy atom. The van der Waals surface area contributed by atoms with Crippen molar-refractivity contribution in [2.45, 2.75) is 13.5 Å². The minimum Gasteiger partial charge on any atom is -0.487 e. The van der Waals surface area contributed by atoms with E-state index in [1.807, 2.05) is 19.1 Å². The number of ether oxygens (including phenoxy) is 1. The molecule has 0 saturated heterocycles. The van der Waals surface area contributed by atoms with Crippen molar-refractivity contribution in [2.75, 3.05) is 5.32 Å². The van der Waals surface area contributed by atoms with Gasteiger partial charge in [0.25, 0.3) is 11.5 Å². The lowest BCUT2D eigenvalue weighted by atomic mass is 10.2. The standard InChI is InChI=1S/C21H17N3O4/c1-14-7-8-15(23-21(26)17-5-4-10-27-17)11-18(14)28-13-16-12-20(25)24-9-3-2-6-19(24)22-16/h2-12H,13H2,1H3,(H,23,26). The van der Waals surface area contributed by atoms with Gasteiger partial charge in [-0.05, 0) is 42.8 Å². The Kier molecular flexibility index (Phi) is 4.63. The van der Waals surface area contributed by atoms with Gasteiger partial charge < -0.3 is 14.5 Å². The van der Waals surface area contributed by atoms with Crippen molar-refractivity contribution in [1.29, 1.82) is 0 Å². The molecule has 0 fully saturated rings. The van der Waals surface area contributed by atoms with Crippen LogP contribution >= 0.6 is 0 Å². The van der Waals surface area contributed by atoms with Crippen molar-refractivity contribution >= 4 is 17.2 Å². The zero-order valence-corrected chi connectivity index (χ0v) is 15.1. The predicted molar refractivity (Wildman–Crippen MR) is 104 cm³/mol. The summed E-state index contributed by atoms with van der Waals surface area (Å²) < 4.78 is 12.4. The van der Waals surface area contributed by atoms with E-state index in [1.165, 1.54) is 16.7 Å². The number of nitrogens with zero attached hydrogens (tertiary/aromatic N) is 2. The van der Waals surface area contributed by atoms with Gasteiger partial charge in [0.2, 0.25) is 0 Å². The van der Waals surface area contributed by atoms with Crippen LogP contribution in [0.3, 0.4) is 0 Å². The molecule has 140 valence electrons. The number of benzene rings is 1. The third-order valence-electron chi connectivity index (χ3n) is 4.19. The summed E-state index contributed by atoms with van der Waals surface area (Å²) in [6.45, 7) is 2.03. The maximum atomic E-state index is 12.2. The van der Waals surface area contributed by atoms with Crippen molar-refractivity contribution in [2.24, 2.45) is 0 Å². The molecule has 28 heavy (non-hydrogen) atoms. The third-order valence-corrected chi connectivity index (χ3v) is 4.19. The fourth-order valence-corrected chi connectivity index (χ4v) is 2.76. The van der Waals surface area contributed by atoms with Crippen LogP contribution in [0.5, 0.6) is 5.75 Å². The van der Waals surface area contributed by atoms with E-state index in [4.69, 9.17) is 9.15 Å². The van der Waals surface area contributed by atoms with Gasteiger partial charge in [-0.1, -0.05) is 12.1 Å². The summed E-state index contributed by atoms with van der Waals surface area (Å²) in [5.41, 5.74) is 2.40. The molecule has 0 radical (unpaired) electrons. The Morgan fingerprint density at radius 2 is 2.07 bits per heavy atom. The molecule has 3 heterocycles. The summed E-state index contributed by atoms with van der Waals surface area (Å²) >= 11 is 0. The van der Waals surface area contributed by atoms with Crippen LogP contribution in [0.15, 0.2) is 76.3 Å². The highest BCUT2D eigenvalue weighted by atomic mass is 16.5. The molecule has 1 N–H and O–H groups in total. The molecule has 4 aromatic rings. The number of carbonyl (C=O) groups is 1. The van der Waals surface area contributed by atoms with Crippen LogP contribution in [0.2, 0.25) is 0 Å². The van der Waals surface area contributed by atoms with E-state index in [1.54, 1.807) is 42.6 Å². The molecule has 7 heteroatoms. The second-order valence-electron chi connectivity index (χ2n) is 6.21. The smallest absolute Gasteiger partial charge is 0.291 e. The molecule has 0 unspecified atom stereocenters. The van der Waals surface area contributed by atoms with Crippen LogP contribution in [0.4, 0.5) is 5.69 Å². The molecule has 0 spiro atoms. The fourth-order valence-electron chi connectivity index (χ4n) is 2.76. The van der Waals surface area contributed by atoms with Gasteiger partial charge in [-0.15, -0.1) is 0 Å². The first kappa shape index (κ1) is 17.5. The van der Waals surface area contributed by atoms with Gasteiger partial charge in [0.15, 0.2) is 5.76 Å². The van der Waals surface area contributed by atoms with E-state index < -0.39 is 0 Å². The van der Waals surface area contributed by atoms with Gasteiger partial charge in [-0.25, -0.2) is 4.98 Å². The second-order valence-corrected chi connectivity index (χ2v) is 6.21. The number of rotatable bonds is 5. The number of carbonyl (C=O) groups excluding carboxylic acids is 1. The van der Waals surface area contributed by atoms with Crippen molar-refractivity contribution in [1.82, 2.24) is 9.38 Å². The van der Waals surface area contributed by atoms with Crippen LogP contribution < -0.4 is 15.6 Å². The first-order valence-electron chi connectivity index (χ1n) is 8.66. The van der Waals surface area contributed by atoms with Gasteiger partial charge in [0.05, 0.1) is 12.0 Å². The van der Waals surface area contributed by atoms with Crippen molar-refractivity contribution in [3.05, 3.63) is 94.4 Å². The molecule has 4 rings (SSSR count). The normalized spacial score (nSPS) is 10.8. The Hall–Kier alpha value is -3.87. The van der Waals surface area contributed by atoms with Gasteiger partial charge in [0, 0.05) is 24.0 Å². The van der Waals surface area contributed by atoms with Crippen LogP contribution in [-0.2, 0) is 6.61 Å². The molecule has 1 amide bonds. The van der Waals surface area contributed by atoms with Crippen molar-refractivity contribution < 1.29 is 13.9 Å². The number of aromatic nitrogens is 2. The lowest BCUT2D eigenvalue weighted by molar-refractivity contribution is 0.0996. The fraction of sp³-hybridized carbons (Fsp3) is 0.0952. The van der Waals surface area contributed by atoms with E-state index in [0.717, 1.165) is 5.56 Å². The highest BCUT2D eigenvalue weighted by molar-refractivity contribution is 6.02. The zero-order chi connectivity index (χ0) is 19.5. The molecule has 0 aliphatic rings. The number of pyridine rings is 1. The highest BCUT2D eigenvalue weighted by Gasteiger charge is 2.11. The Bertz CT molecular complexity index is 1200. The highest BCUT2D eigenvalue weighted by Crippen LogP contribution is 2.24. The largest absolute Gasteiger partial charge is 0.487 e. The summed E-state index contributed by atoms with van der Waals surface area (Å²) in [7, 11) is 0. The molecule has 0 bridgehead atoms. The lowest BCUT2D eigenvalue weighted by Crippen LogP contribution is -2.16. The van der Waals surface area contributed by atoms with Crippen LogP contribution in [0.25, 0.3) is 5.65 Å². The van der Waals surface area contributed by atoms with E-state index in [9.17, 15) is 9.59 Å². The molecular formula is C21H17N3O4. The lowest BCUT2D eigenvalue weighted by Gasteiger charge is -2.11. The van der Waals surface area contributed by atoms with E-state index >= 15 is 0 Å². The SMILES string of the molecule is Cc1ccc(NC(=O)c2ccco2)cc1OCc1cc(=O)n2ccccc2n1. The van der Waals surface area contributed by atoms with Crippen molar-refractivity contribution in [3.8, 4) is 5.75 Å².